The summed E-state index contributed by atoms with van der Waals surface area (Å²) in [6, 6.07) is -0.247. The highest BCUT2D eigenvalue weighted by Gasteiger charge is 2.38. The van der Waals surface area contributed by atoms with Crippen molar-refractivity contribution in [2.24, 2.45) is 5.92 Å². The molecule has 0 N–H and O–H groups in total. The van der Waals surface area contributed by atoms with Crippen LogP contribution in [0.5, 0.6) is 0 Å². The SMILES string of the molecule is CCN1CCN(C(=O)C2CSCN2C(=O)C(C)C)CC1. The normalized spacial score (nSPS) is 24.5. The van der Waals surface area contributed by atoms with Crippen LogP contribution in [-0.4, -0.2) is 76.9 Å². The van der Waals surface area contributed by atoms with Crippen LogP contribution in [-0.2, 0) is 9.59 Å². The number of amides is 2. The fourth-order valence-electron chi connectivity index (χ4n) is 2.69. The number of carbonyl (C=O) groups is 2. The third-order valence-electron chi connectivity index (χ3n) is 4.08. The minimum absolute atomic E-state index is 0.0408. The molecule has 2 aliphatic heterocycles. The molecule has 20 heavy (non-hydrogen) atoms. The molecule has 2 aliphatic rings. The smallest absolute Gasteiger partial charge is 0.246 e. The average molecular weight is 299 g/mol. The molecule has 1 unspecified atom stereocenters. The highest BCUT2D eigenvalue weighted by molar-refractivity contribution is 7.99. The predicted octanol–water partition coefficient (Wildman–Crippen LogP) is 0.708. The van der Waals surface area contributed by atoms with E-state index in [0.717, 1.165) is 38.5 Å². The minimum atomic E-state index is -0.247. The fraction of sp³-hybridized carbons (Fsp3) is 0.857. The molecule has 0 saturated carbocycles. The van der Waals surface area contributed by atoms with E-state index in [4.69, 9.17) is 0 Å². The van der Waals surface area contributed by atoms with E-state index < -0.39 is 0 Å². The van der Waals surface area contributed by atoms with E-state index in [-0.39, 0.29) is 23.8 Å². The molecular formula is C14H25N3O2S. The van der Waals surface area contributed by atoms with Gasteiger partial charge in [-0.15, -0.1) is 11.8 Å². The Kier molecular flexibility index (Phi) is 5.32. The van der Waals surface area contributed by atoms with E-state index in [1.165, 1.54) is 0 Å². The van der Waals surface area contributed by atoms with Crippen molar-refractivity contribution in [1.82, 2.24) is 14.7 Å². The molecule has 0 aromatic rings. The lowest BCUT2D eigenvalue weighted by Gasteiger charge is -2.36. The standard InChI is InChI=1S/C14H25N3O2S/c1-4-15-5-7-16(8-6-15)14(19)12-9-20-10-17(12)13(18)11(2)3/h11-12H,4-10H2,1-3H3. The summed E-state index contributed by atoms with van der Waals surface area (Å²) in [5.41, 5.74) is 0. The summed E-state index contributed by atoms with van der Waals surface area (Å²) in [5.74, 6) is 1.59. The number of piperazine rings is 1. The van der Waals surface area contributed by atoms with Gasteiger partial charge in [0, 0.05) is 37.8 Å². The van der Waals surface area contributed by atoms with Gasteiger partial charge in [-0.05, 0) is 6.54 Å². The summed E-state index contributed by atoms with van der Waals surface area (Å²) in [6.07, 6.45) is 0. The van der Waals surface area contributed by atoms with E-state index >= 15 is 0 Å². The van der Waals surface area contributed by atoms with E-state index in [0.29, 0.717) is 5.88 Å². The average Bonchev–Trinajstić information content (AvgIpc) is 2.94. The molecule has 2 saturated heterocycles. The number of carbonyl (C=O) groups excluding carboxylic acids is 2. The summed E-state index contributed by atoms with van der Waals surface area (Å²) in [6.45, 7) is 10.4. The zero-order valence-corrected chi connectivity index (χ0v) is 13.5. The van der Waals surface area contributed by atoms with Crippen molar-refractivity contribution in [3.8, 4) is 0 Å². The third kappa shape index (κ3) is 3.28. The molecule has 0 aliphatic carbocycles. The van der Waals surface area contributed by atoms with E-state index in [1.54, 1.807) is 16.7 Å². The molecule has 1 atom stereocenters. The molecular weight excluding hydrogens is 274 g/mol. The topological polar surface area (TPSA) is 43.9 Å². The number of hydrogen-bond acceptors (Lipinski definition) is 4. The van der Waals surface area contributed by atoms with Crippen LogP contribution in [0.1, 0.15) is 20.8 Å². The van der Waals surface area contributed by atoms with Gasteiger partial charge in [0.15, 0.2) is 0 Å². The van der Waals surface area contributed by atoms with Crippen molar-refractivity contribution in [2.75, 3.05) is 44.4 Å². The molecule has 5 nitrogen and oxygen atoms in total. The molecule has 114 valence electrons. The second-order valence-electron chi connectivity index (χ2n) is 5.74. The van der Waals surface area contributed by atoms with Crippen molar-refractivity contribution in [3.05, 3.63) is 0 Å². The summed E-state index contributed by atoms with van der Waals surface area (Å²) < 4.78 is 0. The summed E-state index contributed by atoms with van der Waals surface area (Å²) in [4.78, 5) is 30.9. The predicted molar refractivity (Wildman–Crippen MR) is 81.5 cm³/mol. The van der Waals surface area contributed by atoms with Crippen LogP contribution in [0.15, 0.2) is 0 Å². The Morgan fingerprint density at radius 3 is 2.40 bits per heavy atom. The van der Waals surface area contributed by atoms with Crippen LogP contribution < -0.4 is 0 Å². The maximum atomic E-state index is 12.6. The number of likely N-dealkylation sites (N-methyl/N-ethyl adjacent to an activating group) is 1. The maximum Gasteiger partial charge on any atom is 0.246 e. The minimum Gasteiger partial charge on any atom is -0.338 e. The van der Waals surface area contributed by atoms with Crippen LogP contribution >= 0.6 is 11.8 Å². The number of hydrogen-bond donors (Lipinski definition) is 0. The Morgan fingerprint density at radius 1 is 1.20 bits per heavy atom. The monoisotopic (exact) mass is 299 g/mol. The zero-order chi connectivity index (χ0) is 14.7. The van der Waals surface area contributed by atoms with Crippen molar-refractivity contribution in [2.45, 2.75) is 26.8 Å². The highest BCUT2D eigenvalue weighted by Crippen LogP contribution is 2.24. The summed E-state index contributed by atoms with van der Waals surface area (Å²) in [7, 11) is 0. The van der Waals surface area contributed by atoms with Gasteiger partial charge in [0.25, 0.3) is 0 Å². The maximum absolute atomic E-state index is 12.6. The Labute approximate surface area is 125 Å². The molecule has 2 fully saturated rings. The van der Waals surface area contributed by atoms with Crippen LogP contribution in [0, 0.1) is 5.92 Å². The van der Waals surface area contributed by atoms with Crippen molar-refractivity contribution >= 4 is 23.6 Å². The van der Waals surface area contributed by atoms with Crippen LogP contribution in [0.25, 0.3) is 0 Å². The molecule has 6 heteroatoms. The van der Waals surface area contributed by atoms with Gasteiger partial charge in [0.2, 0.25) is 11.8 Å². The number of nitrogens with zero attached hydrogens (tertiary/aromatic N) is 3. The number of rotatable bonds is 3. The molecule has 0 spiro atoms. The second kappa shape index (κ2) is 6.80. The Hall–Kier alpha value is -0.750. The van der Waals surface area contributed by atoms with E-state index in [9.17, 15) is 9.59 Å². The molecule has 2 amide bonds. The molecule has 0 aromatic carbocycles. The van der Waals surface area contributed by atoms with Crippen molar-refractivity contribution in [3.63, 3.8) is 0 Å². The Balaban J connectivity index is 1.96. The van der Waals surface area contributed by atoms with Gasteiger partial charge in [-0.25, -0.2) is 0 Å². The van der Waals surface area contributed by atoms with Crippen LogP contribution in [0.4, 0.5) is 0 Å². The Morgan fingerprint density at radius 2 is 1.85 bits per heavy atom. The van der Waals surface area contributed by atoms with E-state index in [2.05, 4.69) is 11.8 Å². The first-order chi connectivity index (χ1) is 9.54. The summed E-state index contributed by atoms with van der Waals surface area (Å²) >= 11 is 1.68. The third-order valence-corrected chi connectivity index (χ3v) is 5.09. The van der Waals surface area contributed by atoms with Gasteiger partial charge >= 0.3 is 0 Å². The number of thioether (sulfide) groups is 1. The first kappa shape index (κ1) is 15.6. The first-order valence-corrected chi connectivity index (χ1v) is 8.59. The van der Waals surface area contributed by atoms with Gasteiger partial charge in [0.1, 0.15) is 6.04 Å². The van der Waals surface area contributed by atoms with Gasteiger partial charge in [-0.3, -0.25) is 9.59 Å². The largest absolute Gasteiger partial charge is 0.338 e. The van der Waals surface area contributed by atoms with Gasteiger partial charge in [-0.1, -0.05) is 20.8 Å². The van der Waals surface area contributed by atoms with Crippen LogP contribution in [0.3, 0.4) is 0 Å². The molecule has 2 heterocycles. The van der Waals surface area contributed by atoms with Gasteiger partial charge in [-0.2, -0.15) is 0 Å². The van der Waals surface area contributed by atoms with Crippen molar-refractivity contribution in [1.29, 1.82) is 0 Å². The second-order valence-corrected chi connectivity index (χ2v) is 6.74. The molecule has 0 radical (unpaired) electrons. The highest BCUT2D eigenvalue weighted by atomic mass is 32.2. The molecule has 0 bridgehead atoms. The van der Waals surface area contributed by atoms with Gasteiger partial charge in [0.05, 0.1) is 5.88 Å². The van der Waals surface area contributed by atoms with Gasteiger partial charge < -0.3 is 14.7 Å². The first-order valence-electron chi connectivity index (χ1n) is 7.44. The quantitative estimate of drug-likeness (QED) is 0.770. The molecule has 0 aromatic heterocycles. The van der Waals surface area contributed by atoms with Crippen molar-refractivity contribution < 1.29 is 9.59 Å². The lowest BCUT2D eigenvalue weighted by molar-refractivity contribution is -0.146. The Bertz CT molecular complexity index is 367. The fourth-order valence-corrected chi connectivity index (χ4v) is 3.85. The van der Waals surface area contributed by atoms with Crippen LogP contribution in [0.2, 0.25) is 0 Å². The lowest BCUT2D eigenvalue weighted by Crippen LogP contribution is -2.55. The van der Waals surface area contributed by atoms with E-state index in [1.807, 2.05) is 18.7 Å². The molecule has 2 rings (SSSR count). The summed E-state index contributed by atoms with van der Waals surface area (Å²) in [5, 5.41) is 0. The zero-order valence-electron chi connectivity index (χ0n) is 12.7. The lowest BCUT2D eigenvalue weighted by atomic mass is 10.1.